The van der Waals surface area contributed by atoms with E-state index in [1.54, 1.807) is 6.07 Å². The molecule has 1 unspecified atom stereocenters. The van der Waals surface area contributed by atoms with Gasteiger partial charge in [0.2, 0.25) is 5.91 Å². The fourth-order valence-electron chi connectivity index (χ4n) is 3.76. The van der Waals surface area contributed by atoms with Crippen LogP contribution in [0, 0.1) is 0 Å². The fourth-order valence-corrected chi connectivity index (χ4v) is 3.76. The highest BCUT2D eigenvalue weighted by Gasteiger charge is 2.42. The number of rotatable bonds is 10. The first-order valence-electron chi connectivity index (χ1n) is 9.67. The molecule has 0 saturated heterocycles. The number of hydrogen-bond donors (Lipinski definition) is 1. The van der Waals surface area contributed by atoms with E-state index < -0.39 is 23.8 Å². The van der Waals surface area contributed by atoms with Crippen LogP contribution in [0.3, 0.4) is 0 Å². The number of likely N-dealkylation sites (N-methyl/N-ethyl adjacent to an activating group) is 1. The summed E-state index contributed by atoms with van der Waals surface area (Å²) in [5, 5.41) is 2.48. The second-order valence-corrected chi connectivity index (χ2v) is 6.93. The lowest BCUT2D eigenvalue weighted by Gasteiger charge is -2.24. The molecule has 3 amide bonds. The number of aldehydes is 1. The van der Waals surface area contributed by atoms with Crippen molar-refractivity contribution in [2.45, 2.75) is 64.3 Å². The third kappa shape index (κ3) is 4.26. The first kappa shape index (κ1) is 20.8. The molecule has 1 aliphatic heterocycles. The molecule has 0 saturated carbocycles. The van der Waals surface area contributed by atoms with Crippen molar-refractivity contribution >= 4 is 24.0 Å². The average molecular weight is 372 g/mol. The number of benzene rings is 1. The monoisotopic (exact) mass is 372 g/mol. The number of fused-ring (bicyclic) bond motifs is 1. The summed E-state index contributed by atoms with van der Waals surface area (Å²) in [5.74, 6) is -1.01. The second kappa shape index (κ2) is 9.44. The molecule has 0 radical (unpaired) electrons. The molecular formula is C21H28N2O4. The molecule has 0 aromatic heterocycles. The number of amides is 3. The summed E-state index contributed by atoms with van der Waals surface area (Å²) in [5.41, 5.74) is 1.75. The Balaban J connectivity index is 2.38. The van der Waals surface area contributed by atoms with Crippen LogP contribution in [0.25, 0.3) is 0 Å². The maximum Gasteiger partial charge on any atom is 0.262 e. The quantitative estimate of drug-likeness (QED) is 0.505. The Bertz CT molecular complexity index is 723. The lowest BCUT2D eigenvalue weighted by molar-refractivity contribution is -0.124. The largest absolute Gasteiger partial charge is 0.357 e. The number of carbonyl (C=O) groups excluding carboxylic acids is 4. The van der Waals surface area contributed by atoms with Crippen LogP contribution in [-0.4, -0.2) is 42.0 Å². The molecule has 0 bridgehead atoms. The number of carbonyl (C=O) groups is 4. The topological polar surface area (TPSA) is 83.6 Å². The van der Waals surface area contributed by atoms with Crippen molar-refractivity contribution < 1.29 is 19.2 Å². The molecule has 6 heteroatoms. The van der Waals surface area contributed by atoms with Gasteiger partial charge in [-0.25, -0.2) is 0 Å². The number of hydrogen-bond acceptors (Lipinski definition) is 4. The first-order valence-corrected chi connectivity index (χ1v) is 9.67. The molecule has 2 rings (SSSR count). The Morgan fingerprint density at radius 3 is 2.26 bits per heavy atom. The molecule has 1 aliphatic rings. The van der Waals surface area contributed by atoms with Crippen molar-refractivity contribution in [2.75, 3.05) is 7.05 Å². The lowest BCUT2D eigenvalue weighted by atomic mass is 9.88. The zero-order valence-corrected chi connectivity index (χ0v) is 16.3. The Labute approximate surface area is 160 Å². The molecule has 1 aromatic rings. The van der Waals surface area contributed by atoms with E-state index in [2.05, 4.69) is 19.2 Å². The van der Waals surface area contributed by atoms with Crippen LogP contribution in [0.5, 0.6) is 0 Å². The molecule has 27 heavy (non-hydrogen) atoms. The summed E-state index contributed by atoms with van der Waals surface area (Å²) < 4.78 is 0. The van der Waals surface area contributed by atoms with E-state index in [9.17, 15) is 19.2 Å². The minimum absolute atomic E-state index is 0.103. The van der Waals surface area contributed by atoms with E-state index in [1.165, 1.54) is 7.05 Å². The maximum atomic E-state index is 13.0. The van der Waals surface area contributed by atoms with E-state index in [0.717, 1.165) is 36.1 Å². The summed E-state index contributed by atoms with van der Waals surface area (Å²) in [7, 11) is 1.45. The zero-order valence-electron chi connectivity index (χ0n) is 16.3. The van der Waals surface area contributed by atoms with Crippen molar-refractivity contribution in [1.29, 1.82) is 0 Å². The maximum absolute atomic E-state index is 13.0. The van der Waals surface area contributed by atoms with Crippen LogP contribution in [-0.2, 0) is 9.59 Å². The van der Waals surface area contributed by atoms with Gasteiger partial charge in [-0.05, 0) is 42.9 Å². The normalized spacial score (nSPS) is 14.4. The molecule has 0 fully saturated rings. The van der Waals surface area contributed by atoms with Crippen LogP contribution in [0.1, 0.15) is 84.6 Å². The summed E-state index contributed by atoms with van der Waals surface area (Å²) in [6, 6.07) is 4.46. The Morgan fingerprint density at radius 2 is 1.70 bits per heavy atom. The van der Waals surface area contributed by atoms with E-state index in [4.69, 9.17) is 0 Å². The molecule has 0 aliphatic carbocycles. The van der Waals surface area contributed by atoms with Crippen LogP contribution in [0.2, 0.25) is 0 Å². The minimum Gasteiger partial charge on any atom is -0.357 e. The first-order chi connectivity index (χ1) is 13.0. The summed E-state index contributed by atoms with van der Waals surface area (Å²) in [4.78, 5) is 49.7. The molecule has 146 valence electrons. The zero-order chi connectivity index (χ0) is 20.0. The summed E-state index contributed by atoms with van der Waals surface area (Å²) in [6.07, 6.45) is 5.06. The van der Waals surface area contributed by atoms with Crippen LogP contribution >= 0.6 is 0 Å². The van der Waals surface area contributed by atoms with E-state index in [-0.39, 0.29) is 12.8 Å². The predicted octanol–water partition coefficient (Wildman–Crippen LogP) is 3.06. The predicted molar refractivity (Wildman–Crippen MR) is 103 cm³/mol. The third-order valence-electron chi connectivity index (χ3n) is 5.11. The van der Waals surface area contributed by atoms with E-state index >= 15 is 0 Å². The van der Waals surface area contributed by atoms with Gasteiger partial charge in [-0.2, -0.15) is 0 Å². The van der Waals surface area contributed by atoms with E-state index in [0.29, 0.717) is 23.3 Å². The van der Waals surface area contributed by atoms with Gasteiger partial charge in [-0.3, -0.25) is 19.3 Å². The third-order valence-corrected chi connectivity index (χ3v) is 5.11. The van der Waals surface area contributed by atoms with Crippen molar-refractivity contribution in [1.82, 2.24) is 10.2 Å². The van der Waals surface area contributed by atoms with Crippen LogP contribution in [0.15, 0.2) is 18.2 Å². The van der Waals surface area contributed by atoms with E-state index in [1.807, 2.05) is 12.1 Å². The molecular weight excluding hydrogens is 344 g/mol. The molecule has 1 aromatic carbocycles. The standard InChI is InChI=1S/C21H28N2O4/c1-4-7-14(8-5-2)15-10-11-16-17(13-15)21(27)23(20(16)26)18(9-6-12-24)19(25)22-3/h10-14,18H,4-9H2,1-3H3,(H,22,25). The molecule has 1 N–H and O–H groups in total. The van der Waals surface area contributed by atoms with Crippen molar-refractivity contribution in [3.8, 4) is 0 Å². The minimum atomic E-state index is -0.974. The van der Waals surface area contributed by atoms with Crippen LogP contribution in [0.4, 0.5) is 0 Å². The average Bonchev–Trinajstić information content (AvgIpc) is 2.92. The van der Waals surface area contributed by atoms with Crippen LogP contribution < -0.4 is 5.32 Å². The van der Waals surface area contributed by atoms with Gasteiger partial charge in [0.1, 0.15) is 12.3 Å². The second-order valence-electron chi connectivity index (χ2n) is 6.93. The fraction of sp³-hybridized carbons (Fsp3) is 0.524. The Hall–Kier alpha value is -2.50. The molecule has 0 spiro atoms. The van der Waals surface area contributed by atoms with Gasteiger partial charge in [-0.15, -0.1) is 0 Å². The SMILES string of the molecule is CCCC(CCC)c1ccc2c(c1)C(=O)N(C(CCC=O)C(=O)NC)C2=O. The smallest absolute Gasteiger partial charge is 0.262 e. The van der Waals surface area contributed by atoms with Gasteiger partial charge in [0.25, 0.3) is 11.8 Å². The Kier molecular flexibility index (Phi) is 7.28. The van der Waals surface area contributed by atoms with Gasteiger partial charge in [0.05, 0.1) is 11.1 Å². The van der Waals surface area contributed by atoms with Crippen molar-refractivity contribution in [3.05, 3.63) is 34.9 Å². The number of nitrogens with zero attached hydrogens (tertiary/aromatic N) is 1. The summed E-state index contributed by atoms with van der Waals surface area (Å²) >= 11 is 0. The Morgan fingerprint density at radius 1 is 1.07 bits per heavy atom. The summed E-state index contributed by atoms with van der Waals surface area (Å²) in [6.45, 7) is 4.26. The lowest BCUT2D eigenvalue weighted by Crippen LogP contribution is -2.48. The molecule has 1 atom stereocenters. The highest BCUT2D eigenvalue weighted by Crippen LogP contribution is 2.32. The number of imide groups is 1. The van der Waals surface area contributed by atoms with Gasteiger partial charge in [0.15, 0.2) is 0 Å². The molecule has 6 nitrogen and oxygen atoms in total. The van der Waals surface area contributed by atoms with Gasteiger partial charge in [-0.1, -0.05) is 32.8 Å². The van der Waals surface area contributed by atoms with Crippen molar-refractivity contribution in [3.63, 3.8) is 0 Å². The number of nitrogens with one attached hydrogen (secondary N) is 1. The molecule has 1 heterocycles. The highest BCUT2D eigenvalue weighted by atomic mass is 16.2. The van der Waals surface area contributed by atoms with Gasteiger partial charge < -0.3 is 10.1 Å². The van der Waals surface area contributed by atoms with Gasteiger partial charge >= 0.3 is 0 Å². The highest BCUT2D eigenvalue weighted by molar-refractivity contribution is 6.23. The van der Waals surface area contributed by atoms with Gasteiger partial charge in [0, 0.05) is 13.5 Å². The van der Waals surface area contributed by atoms with Crippen molar-refractivity contribution in [2.24, 2.45) is 0 Å².